The first-order valence-electron chi connectivity index (χ1n) is 7.77. The van der Waals surface area contributed by atoms with Gasteiger partial charge in [-0.1, -0.05) is 0 Å². The minimum atomic E-state index is -0.441. The molecular formula is C19H11FN4O2S. The topological polar surface area (TPSA) is 119 Å². The lowest BCUT2D eigenvalue weighted by Crippen LogP contribution is -2.02. The van der Waals surface area contributed by atoms with E-state index in [9.17, 15) is 14.4 Å². The van der Waals surface area contributed by atoms with Crippen molar-refractivity contribution < 1.29 is 13.6 Å². The predicted octanol–water partition coefficient (Wildman–Crippen LogP) is 3.96. The molecule has 4 aromatic rings. The summed E-state index contributed by atoms with van der Waals surface area (Å²) < 4.78 is 18.6. The Balaban J connectivity index is 2.00. The molecule has 0 unspecified atom stereocenters. The molecule has 0 fully saturated rings. The van der Waals surface area contributed by atoms with Gasteiger partial charge in [-0.3, -0.25) is 4.79 Å². The van der Waals surface area contributed by atoms with E-state index in [0.717, 1.165) is 11.3 Å². The van der Waals surface area contributed by atoms with Crippen LogP contribution in [0.1, 0.15) is 20.8 Å². The summed E-state index contributed by atoms with van der Waals surface area (Å²) in [6.45, 7) is 0. The smallest absolute Gasteiger partial charge is 0.205 e. The number of carbonyl (C=O) groups excluding carboxylic acids is 1. The number of thiophene rings is 1. The number of nitrogens with zero attached hydrogens (tertiary/aromatic N) is 2. The van der Waals surface area contributed by atoms with Crippen molar-refractivity contribution in [2.75, 3.05) is 11.5 Å². The van der Waals surface area contributed by atoms with Gasteiger partial charge in [0.25, 0.3) is 0 Å². The third kappa shape index (κ3) is 2.61. The quantitative estimate of drug-likeness (QED) is 0.521. The molecule has 0 spiro atoms. The number of nitrogens with two attached hydrogens (primary N) is 2. The fourth-order valence-corrected chi connectivity index (χ4v) is 3.93. The Morgan fingerprint density at radius 3 is 2.59 bits per heavy atom. The summed E-state index contributed by atoms with van der Waals surface area (Å²) in [5.41, 5.74) is 13.2. The largest absolute Gasteiger partial charge is 0.464 e. The van der Waals surface area contributed by atoms with Crippen LogP contribution in [0.25, 0.3) is 21.5 Å². The maximum absolute atomic E-state index is 13.1. The highest BCUT2D eigenvalue weighted by atomic mass is 32.1. The molecule has 0 amide bonds. The van der Waals surface area contributed by atoms with Crippen LogP contribution in [0.15, 0.2) is 47.1 Å². The number of carbonyl (C=O) groups is 1. The maximum atomic E-state index is 13.1. The van der Waals surface area contributed by atoms with Crippen molar-refractivity contribution in [2.45, 2.75) is 0 Å². The van der Waals surface area contributed by atoms with Crippen molar-refractivity contribution in [1.82, 2.24) is 4.98 Å². The first kappa shape index (κ1) is 16.8. The summed E-state index contributed by atoms with van der Waals surface area (Å²) in [4.78, 5) is 17.7. The SMILES string of the molecule is N#Cc1c(N)nc2sc(C(=O)c3ccc(F)cc3)c(N)c2c1-c1ccco1. The van der Waals surface area contributed by atoms with Crippen LogP contribution in [-0.2, 0) is 0 Å². The third-order valence-electron chi connectivity index (χ3n) is 4.10. The lowest BCUT2D eigenvalue weighted by Gasteiger charge is -2.06. The van der Waals surface area contributed by atoms with Crippen molar-refractivity contribution in [2.24, 2.45) is 0 Å². The number of nitriles is 1. The van der Waals surface area contributed by atoms with Crippen LogP contribution in [0.4, 0.5) is 15.9 Å². The molecule has 0 aliphatic carbocycles. The molecule has 0 saturated heterocycles. The van der Waals surface area contributed by atoms with Gasteiger partial charge in [-0.2, -0.15) is 5.26 Å². The van der Waals surface area contributed by atoms with Crippen molar-refractivity contribution in [3.05, 3.63) is 64.5 Å². The Morgan fingerprint density at radius 1 is 1.22 bits per heavy atom. The van der Waals surface area contributed by atoms with E-state index in [1.165, 1.54) is 30.5 Å². The molecule has 4 rings (SSSR count). The van der Waals surface area contributed by atoms with Gasteiger partial charge in [-0.05, 0) is 36.4 Å². The van der Waals surface area contributed by atoms with Gasteiger partial charge >= 0.3 is 0 Å². The van der Waals surface area contributed by atoms with Crippen LogP contribution in [0.2, 0.25) is 0 Å². The molecule has 27 heavy (non-hydrogen) atoms. The molecule has 0 aliphatic rings. The first-order valence-corrected chi connectivity index (χ1v) is 8.58. The van der Waals surface area contributed by atoms with Gasteiger partial charge in [-0.15, -0.1) is 11.3 Å². The summed E-state index contributed by atoms with van der Waals surface area (Å²) in [5, 5.41) is 9.95. The first-order chi connectivity index (χ1) is 13.0. The Morgan fingerprint density at radius 2 is 1.96 bits per heavy atom. The van der Waals surface area contributed by atoms with E-state index in [0.29, 0.717) is 27.1 Å². The van der Waals surface area contributed by atoms with E-state index < -0.39 is 5.82 Å². The van der Waals surface area contributed by atoms with Gasteiger partial charge in [0.15, 0.2) is 0 Å². The highest BCUT2D eigenvalue weighted by Gasteiger charge is 2.25. The summed E-state index contributed by atoms with van der Waals surface area (Å²) in [7, 11) is 0. The number of hydrogen-bond acceptors (Lipinski definition) is 7. The van der Waals surface area contributed by atoms with Crippen LogP contribution in [0, 0.1) is 17.1 Å². The molecule has 1 aromatic carbocycles. The van der Waals surface area contributed by atoms with Crippen LogP contribution in [0.5, 0.6) is 0 Å². The molecule has 8 heteroatoms. The van der Waals surface area contributed by atoms with Gasteiger partial charge < -0.3 is 15.9 Å². The minimum absolute atomic E-state index is 0.0263. The van der Waals surface area contributed by atoms with E-state index in [4.69, 9.17) is 15.9 Å². The van der Waals surface area contributed by atoms with E-state index in [1.54, 1.807) is 12.1 Å². The monoisotopic (exact) mass is 378 g/mol. The predicted molar refractivity (Wildman–Crippen MR) is 101 cm³/mol. The van der Waals surface area contributed by atoms with Crippen molar-refractivity contribution in [3.63, 3.8) is 0 Å². The number of fused-ring (bicyclic) bond motifs is 1. The zero-order valence-electron chi connectivity index (χ0n) is 13.7. The van der Waals surface area contributed by atoms with Crippen LogP contribution in [-0.4, -0.2) is 10.8 Å². The number of rotatable bonds is 3. The minimum Gasteiger partial charge on any atom is -0.464 e. The van der Waals surface area contributed by atoms with E-state index >= 15 is 0 Å². The van der Waals surface area contributed by atoms with Crippen LogP contribution >= 0.6 is 11.3 Å². The third-order valence-corrected chi connectivity index (χ3v) is 5.19. The summed E-state index contributed by atoms with van der Waals surface area (Å²) in [6.07, 6.45) is 1.46. The van der Waals surface area contributed by atoms with Crippen molar-refractivity contribution in [1.29, 1.82) is 5.26 Å². The highest BCUT2D eigenvalue weighted by Crippen LogP contribution is 2.43. The molecule has 3 aromatic heterocycles. The number of benzene rings is 1. The summed E-state index contributed by atoms with van der Waals surface area (Å²) in [6, 6.07) is 10.5. The fraction of sp³-hybridized carbons (Fsp3) is 0. The Hall–Kier alpha value is -3.70. The number of aromatic nitrogens is 1. The second-order valence-electron chi connectivity index (χ2n) is 5.70. The Kier molecular flexibility index (Phi) is 3.86. The molecule has 3 heterocycles. The Bertz CT molecular complexity index is 1220. The molecule has 6 nitrogen and oxygen atoms in total. The molecule has 132 valence electrons. The van der Waals surface area contributed by atoms with Gasteiger partial charge in [-0.25, -0.2) is 9.37 Å². The molecule has 0 saturated carbocycles. The van der Waals surface area contributed by atoms with Crippen LogP contribution in [0.3, 0.4) is 0 Å². The standard InChI is InChI=1S/C19H11FN4O2S/c20-10-5-3-9(4-6-10)16(25)17-15(22)14-13(12-2-1-7-26-12)11(8-21)18(23)24-19(14)27-17/h1-7H,22H2,(H2,23,24). The lowest BCUT2D eigenvalue weighted by molar-refractivity contribution is 0.104. The summed E-state index contributed by atoms with van der Waals surface area (Å²) in [5.74, 6) is -0.378. The number of anilines is 2. The molecular weight excluding hydrogens is 367 g/mol. The van der Waals surface area contributed by atoms with Gasteiger partial charge in [0.1, 0.15) is 38.7 Å². The number of hydrogen-bond donors (Lipinski definition) is 2. The summed E-state index contributed by atoms with van der Waals surface area (Å²) >= 11 is 1.07. The molecule has 0 atom stereocenters. The van der Waals surface area contributed by atoms with Crippen molar-refractivity contribution >= 4 is 38.8 Å². The zero-order valence-corrected chi connectivity index (χ0v) is 14.5. The number of nitrogen functional groups attached to an aromatic ring is 2. The zero-order chi connectivity index (χ0) is 19.1. The molecule has 0 aliphatic heterocycles. The number of furan rings is 1. The average Bonchev–Trinajstić information content (AvgIpc) is 3.29. The Labute approximate surface area is 156 Å². The normalized spacial score (nSPS) is 10.8. The number of ketones is 1. The second-order valence-corrected chi connectivity index (χ2v) is 6.70. The van der Waals surface area contributed by atoms with E-state index in [2.05, 4.69) is 4.98 Å². The van der Waals surface area contributed by atoms with Crippen molar-refractivity contribution in [3.8, 4) is 17.4 Å². The van der Waals surface area contributed by atoms with Gasteiger partial charge in [0.05, 0.1) is 17.5 Å². The van der Waals surface area contributed by atoms with E-state index in [-0.39, 0.29) is 27.7 Å². The van der Waals surface area contributed by atoms with Crippen LogP contribution < -0.4 is 11.5 Å². The second kappa shape index (κ2) is 6.23. The fourth-order valence-electron chi connectivity index (χ4n) is 2.85. The highest BCUT2D eigenvalue weighted by molar-refractivity contribution is 7.21. The maximum Gasteiger partial charge on any atom is 0.205 e. The van der Waals surface area contributed by atoms with Gasteiger partial charge in [0.2, 0.25) is 5.78 Å². The van der Waals surface area contributed by atoms with Gasteiger partial charge in [0, 0.05) is 10.9 Å². The molecule has 0 radical (unpaired) electrons. The molecule has 0 bridgehead atoms. The number of halogens is 1. The van der Waals surface area contributed by atoms with E-state index in [1.807, 2.05) is 6.07 Å². The number of pyridine rings is 1. The average molecular weight is 378 g/mol. The lowest BCUT2D eigenvalue weighted by atomic mass is 10.0. The molecule has 4 N–H and O–H groups in total.